The summed E-state index contributed by atoms with van der Waals surface area (Å²) in [5, 5.41) is 11.6. The lowest BCUT2D eigenvalue weighted by molar-refractivity contribution is 0.745. The van der Waals surface area contributed by atoms with Gasteiger partial charge >= 0.3 is 0 Å². The van der Waals surface area contributed by atoms with Gasteiger partial charge in [0.1, 0.15) is 0 Å². The number of nitrogens with one attached hydrogen (secondary N) is 1. The topological polar surface area (TPSA) is 53.9 Å². The molecule has 0 saturated carbocycles. The van der Waals surface area contributed by atoms with Crippen molar-refractivity contribution >= 4 is 23.1 Å². The molecule has 4 rings (SSSR count). The quantitative estimate of drug-likeness (QED) is 0.775. The van der Waals surface area contributed by atoms with Crippen LogP contribution in [0.3, 0.4) is 0 Å². The Labute approximate surface area is 147 Å². The zero-order valence-corrected chi connectivity index (χ0v) is 14.7. The molecule has 1 aliphatic rings. The van der Waals surface area contributed by atoms with Gasteiger partial charge in [-0.3, -0.25) is 0 Å². The summed E-state index contributed by atoms with van der Waals surface area (Å²) in [5.74, 6) is 1.33. The highest BCUT2D eigenvalue weighted by Gasteiger charge is 2.28. The third kappa shape index (κ3) is 2.93. The number of fused-ring (bicyclic) bond motifs is 1. The van der Waals surface area contributed by atoms with Crippen LogP contribution >= 0.6 is 0 Å². The van der Waals surface area contributed by atoms with Crippen LogP contribution in [0.15, 0.2) is 48.7 Å². The maximum atomic E-state index is 4.69. The summed E-state index contributed by atoms with van der Waals surface area (Å²) >= 11 is 0. The molecular weight excluding hydrogens is 310 g/mol. The molecule has 0 amide bonds. The number of rotatable bonds is 3. The summed E-state index contributed by atoms with van der Waals surface area (Å²) in [4.78, 5) is 6.92. The van der Waals surface area contributed by atoms with Crippen LogP contribution in [0.4, 0.5) is 23.1 Å². The predicted molar refractivity (Wildman–Crippen MR) is 101 cm³/mol. The Morgan fingerprint density at radius 3 is 2.76 bits per heavy atom. The van der Waals surface area contributed by atoms with E-state index < -0.39 is 0 Å². The van der Waals surface area contributed by atoms with Gasteiger partial charge in [-0.1, -0.05) is 24.3 Å². The molecule has 5 heteroatoms. The number of aryl methyl sites for hydroxylation is 2. The number of anilines is 4. The van der Waals surface area contributed by atoms with Crippen molar-refractivity contribution in [2.75, 3.05) is 10.2 Å². The van der Waals surface area contributed by atoms with E-state index in [9.17, 15) is 0 Å². The molecule has 0 fully saturated rings. The van der Waals surface area contributed by atoms with Crippen LogP contribution in [0.25, 0.3) is 0 Å². The second kappa shape index (κ2) is 6.16. The van der Waals surface area contributed by atoms with E-state index in [1.54, 1.807) is 6.20 Å². The van der Waals surface area contributed by atoms with E-state index in [2.05, 4.69) is 77.6 Å². The van der Waals surface area contributed by atoms with Gasteiger partial charge in [-0.05, 0) is 62.1 Å². The molecule has 1 N–H and O–H groups in total. The molecule has 1 aromatic heterocycles. The fourth-order valence-corrected chi connectivity index (χ4v) is 3.33. The Hall–Kier alpha value is -2.95. The smallest absolute Gasteiger partial charge is 0.249 e. The summed E-state index contributed by atoms with van der Waals surface area (Å²) in [6.07, 6.45) is 2.74. The van der Waals surface area contributed by atoms with E-state index >= 15 is 0 Å². The van der Waals surface area contributed by atoms with Crippen LogP contribution in [0.2, 0.25) is 0 Å². The molecule has 0 spiro atoms. The van der Waals surface area contributed by atoms with Crippen LogP contribution < -0.4 is 10.2 Å². The SMILES string of the molecule is Cc1ccc(Nc2nncc(N3c4ccccc4CC3C)n2)cc1C. The van der Waals surface area contributed by atoms with Gasteiger partial charge in [0.05, 0.1) is 6.20 Å². The van der Waals surface area contributed by atoms with Crippen molar-refractivity contribution < 1.29 is 0 Å². The summed E-state index contributed by atoms with van der Waals surface area (Å²) in [5.41, 5.74) is 6.01. The Morgan fingerprint density at radius 2 is 1.92 bits per heavy atom. The van der Waals surface area contributed by atoms with E-state index in [1.165, 1.54) is 22.4 Å². The molecule has 2 aromatic carbocycles. The molecule has 1 atom stereocenters. The number of aromatic nitrogens is 3. The van der Waals surface area contributed by atoms with Crippen LogP contribution in [-0.4, -0.2) is 21.2 Å². The summed E-state index contributed by atoms with van der Waals surface area (Å²) in [7, 11) is 0. The largest absolute Gasteiger partial charge is 0.323 e. The van der Waals surface area contributed by atoms with Gasteiger partial charge in [0.2, 0.25) is 5.95 Å². The Morgan fingerprint density at radius 1 is 1.08 bits per heavy atom. The van der Waals surface area contributed by atoms with Crippen LogP contribution in [0, 0.1) is 13.8 Å². The molecule has 0 radical (unpaired) electrons. The zero-order valence-electron chi connectivity index (χ0n) is 14.7. The molecule has 0 aliphatic carbocycles. The molecule has 1 aliphatic heterocycles. The van der Waals surface area contributed by atoms with Gasteiger partial charge in [0.25, 0.3) is 0 Å². The molecule has 126 valence electrons. The molecule has 1 unspecified atom stereocenters. The summed E-state index contributed by atoms with van der Waals surface area (Å²) < 4.78 is 0. The minimum absolute atomic E-state index is 0.351. The summed E-state index contributed by atoms with van der Waals surface area (Å²) in [6.45, 7) is 6.40. The predicted octanol–water partition coefficient (Wildman–Crippen LogP) is 4.31. The number of hydrogen-bond acceptors (Lipinski definition) is 5. The molecule has 3 aromatic rings. The fourth-order valence-electron chi connectivity index (χ4n) is 3.33. The molecule has 5 nitrogen and oxygen atoms in total. The van der Waals surface area contributed by atoms with Crippen molar-refractivity contribution in [3.63, 3.8) is 0 Å². The van der Waals surface area contributed by atoms with Crippen LogP contribution in [0.1, 0.15) is 23.6 Å². The van der Waals surface area contributed by atoms with Crippen molar-refractivity contribution in [1.29, 1.82) is 0 Å². The lowest BCUT2D eigenvalue weighted by Gasteiger charge is -2.23. The Balaban J connectivity index is 1.65. The average Bonchev–Trinajstić information content (AvgIpc) is 2.94. The van der Waals surface area contributed by atoms with E-state index in [0.717, 1.165) is 17.9 Å². The maximum Gasteiger partial charge on any atom is 0.249 e. The molecule has 0 bridgehead atoms. The second-order valence-electron chi connectivity index (χ2n) is 6.61. The van der Waals surface area contributed by atoms with Crippen molar-refractivity contribution in [2.24, 2.45) is 0 Å². The minimum Gasteiger partial charge on any atom is -0.323 e. The first-order valence-corrected chi connectivity index (χ1v) is 8.53. The maximum absolute atomic E-state index is 4.69. The molecular formula is C20H21N5. The number of para-hydroxylation sites is 1. The van der Waals surface area contributed by atoms with Crippen molar-refractivity contribution in [1.82, 2.24) is 15.2 Å². The minimum atomic E-state index is 0.351. The first-order valence-electron chi connectivity index (χ1n) is 8.53. The number of nitrogens with zero attached hydrogens (tertiary/aromatic N) is 4. The second-order valence-corrected chi connectivity index (χ2v) is 6.61. The lowest BCUT2D eigenvalue weighted by Crippen LogP contribution is -2.25. The van der Waals surface area contributed by atoms with Crippen LogP contribution in [0.5, 0.6) is 0 Å². The van der Waals surface area contributed by atoms with E-state index in [4.69, 9.17) is 4.98 Å². The van der Waals surface area contributed by atoms with Gasteiger partial charge in [-0.15, -0.1) is 5.10 Å². The molecule has 0 saturated heterocycles. The standard InChI is InChI=1S/C20H21N5/c1-13-8-9-17(10-14(13)2)22-20-23-19(12-21-24-20)25-15(3)11-16-6-4-5-7-18(16)25/h4-10,12,15H,11H2,1-3H3,(H,22,23,24). The molecule has 25 heavy (non-hydrogen) atoms. The van der Waals surface area contributed by atoms with Gasteiger partial charge in [-0.25, -0.2) is 0 Å². The fraction of sp³-hybridized carbons (Fsp3) is 0.250. The first kappa shape index (κ1) is 15.6. The van der Waals surface area contributed by atoms with Gasteiger partial charge in [0.15, 0.2) is 5.82 Å². The van der Waals surface area contributed by atoms with E-state index in [-0.39, 0.29) is 0 Å². The van der Waals surface area contributed by atoms with Gasteiger partial charge < -0.3 is 10.2 Å². The van der Waals surface area contributed by atoms with Crippen LogP contribution in [-0.2, 0) is 6.42 Å². The van der Waals surface area contributed by atoms with Gasteiger partial charge in [0, 0.05) is 17.4 Å². The highest BCUT2D eigenvalue weighted by Crippen LogP contribution is 2.37. The summed E-state index contributed by atoms with van der Waals surface area (Å²) in [6, 6.07) is 15.0. The van der Waals surface area contributed by atoms with Crippen molar-refractivity contribution in [3.05, 3.63) is 65.4 Å². The lowest BCUT2D eigenvalue weighted by atomic mass is 10.1. The monoisotopic (exact) mass is 331 g/mol. The molecule has 2 heterocycles. The highest BCUT2D eigenvalue weighted by molar-refractivity contribution is 5.69. The number of hydrogen-bond donors (Lipinski definition) is 1. The third-order valence-electron chi connectivity index (χ3n) is 4.76. The van der Waals surface area contributed by atoms with Crippen molar-refractivity contribution in [3.8, 4) is 0 Å². The van der Waals surface area contributed by atoms with Gasteiger partial charge in [-0.2, -0.15) is 10.1 Å². The number of benzene rings is 2. The van der Waals surface area contributed by atoms with E-state index in [1.807, 2.05) is 6.07 Å². The zero-order chi connectivity index (χ0) is 17.4. The first-order chi connectivity index (χ1) is 12.1. The Kier molecular flexibility index (Phi) is 3.84. The third-order valence-corrected chi connectivity index (χ3v) is 4.76. The average molecular weight is 331 g/mol. The highest BCUT2D eigenvalue weighted by atomic mass is 15.3. The Bertz CT molecular complexity index is 921. The normalized spacial score (nSPS) is 16.0. The van der Waals surface area contributed by atoms with E-state index in [0.29, 0.717) is 12.0 Å². The van der Waals surface area contributed by atoms with Crippen molar-refractivity contribution in [2.45, 2.75) is 33.2 Å².